The van der Waals surface area contributed by atoms with Gasteiger partial charge in [0.2, 0.25) is 0 Å². The lowest BCUT2D eigenvalue weighted by Gasteiger charge is -2.15. The molecule has 1 aromatic heterocycles. The number of aromatic nitrogens is 1. The van der Waals surface area contributed by atoms with E-state index in [1.165, 1.54) is 0 Å². The molecular formula is C11H17Cl2N3. The SMILES string of the molecule is CCC(CC)CNc1nc(N)c(Cl)cc1Cl. The Labute approximate surface area is 106 Å². The molecular weight excluding hydrogens is 245 g/mol. The first-order chi connectivity index (χ1) is 7.58. The lowest BCUT2D eigenvalue weighted by Crippen LogP contribution is -2.14. The third-order valence-corrected chi connectivity index (χ3v) is 3.26. The van der Waals surface area contributed by atoms with Crippen molar-refractivity contribution >= 4 is 34.8 Å². The lowest BCUT2D eigenvalue weighted by atomic mass is 10.0. The zero-order valence-electron chi connectivity index (χ0n) is 9.56. The van der Waals surface area contributed by atoms with Gasteiger partial charge < -0.3 is 11.1 Å². The zero-order chi connectivity index (χ0) is 12.1. The number of nitrogen functional groups attached to an aromatic ring is 1. The van der Waals surface area contributed by atoms with E-state index in [-0.39, 0.29) is 0 Å². The number of anilines is 2. The van der Waals surface area contributed by atoms with Crippen LogP contribution in [0.4, 0.5) is 11.6 Å². The van der Waals surface area contributed by atoms with Crippen LogP contribution in [0, 0.1) is 5.92 Å². The van der Waals surface area contributed by atoms with E-state index in [0.29, 0.717) is 27.6 Å². The van der Waals surface area contributed by atoms with Crippen molar-refractivity contribution in [2.45, 2.75) is 26.7 Å². The predicted octanol–water partition coefficient (Wildman–Crippen LogP) is 3.82. The van der Waals surface area contributed by atoms with Crippen LogP contribution in [0.25, 0.3) is 0 Å². The highest BCUT2D eigenvalue weighted by Gasteiger charge is 2.09. The molecule has 0 radical (unpaired) electrons. The van der Waals surface area contributed by atoms with Crippen LogP contribution in [0.5, 0.6) is 0 Å². The van der Waals surface area contributed by atoms with Gasteiger partial charge in [-0.25, -0.2) is 4.98 Å². The molecule has 0 aliphatic rings. The second kappa shape index (κ2) is 6.16. The highest BCUT2D eigenvalue weighted by atomic mass is 35.5. The minimum absolute atomic E-state index is 0.304. The third-order valence-electron chi connectivity index (χ3n) is 2.67. The van der Waals surface area contributed by atoms with Crippen molar-refractivity contribution in [1.29, 1.82) is 0 Å². The van der Waals surface area contributed by atoms with E-state index in [2.05, 4.69) is 24.1 Å². The summed E-state index contributed by atoms with van der Waals surface area (Å²) in [5.41, 5.74) is 5.62. The van der Waals surface area contributed by atoms with Gasteiger partial charge in [-0.1, -0.05) is 49.9 Å². The van der Waals surface area contributed by atoms with E-state index in [1.54, 1.807) is 6.07 Å². The largest absolute Gasteiger partial charge is 0.382 e. The number of nitrogens with one attached hydrogen (secondary N) is 1. The molecule has 0 saturated heterocycles. The van der Waals surface area contributed by atoms with E-state index in [1.807, 2.05) is 0 Å². The molecule has 3 N–H and O–H groups in total. The van der Waals surface area contributed by atoms with Crippen molar-refractivity contribution in [1.82, 2.24) is 4.98 Å². The Bertz CT molecular complexity index is 351. The first kappa shape index (κ1) is 13.4. The topological polar surface area (TPSA) is 50.9 Å². The molecule has 0 aromatic carbocycles. The molecule has 1 heterocycles. The normalized spacial score (nSPS) is 10.8. The summed E-state index contributed by atoms with van der Waals surface area (Å²) in [5, 5.41) is 4.09. The molecule has 0 atom stereocenters. The summed E-state index contributed by atoms with van der Waals surface area (Å²) in [6, 6.07) is 1.61. The number of hydrogen-bond donors (Lipinski definition) is 2. The van der Waals surface area contributed by atoms with Gasteiger partial charge in [0.1, 0.15) is 11.6 Å². The number of rotatable bonds is 5. The lowest BCUT2D eigenvalue weighted by molar-refractivity contribution is 0.518. The van der Waals surface area contributed by atoms with Crippen molar-refractivity contribution in [3.63, 3.8) is 0 Å². The molecule has 0 unspecified atom stereocenters. The summed E-state index contributed by atoms with van der Waals surface area (Å²) in [6.45, 7) is 5.18. The Morgan fingerprint density at radius 2 is 1.94 bits per heavy atom. The number of pyridine rings is 1. The van der Waals surface area contributed by atoms with Gasteiger partial charge in [-0.15, -0.1) is 0 Å². The third kappa shape index (κ3) is 3.42. The molecule has 0 bridgehead atoms. The number of halogens is 2. The Kier molecular flexibility index (Phi) is 5.16. The Balaban J connectivity index is 2.70. The van der Waals surface area contributed by atoms with Crippen molar-refractivity contribution in [3.05, 3.63) is 16.1 Å². The van der Waals surface area contributed by atoms with E-state index in [0.717, 1.165) is 19.4 Å². The van der Waals surface area contributed by atoms with Crippen LogP contribution in [-0.2, 0) is 0 Å². The quantitative estimate of drug-likeness (QED) is 0.848. The summed E-state index contributed by atoms with van der Waals surface area (Å²) >= 11 is 11.8. The molecule has 0 saturated carbocycles. The molecule has 3 nitrogen and oxygen atoms in total. The van der Waals surface area contributed by atoms with Crippen molar-refractivity contribution in [2.24, 2.45) is 5.92 Å². The van der Waals surface area contributed by atoms with E-state index < -0.39 is 0 Å². The van der Waals surface area contributed by atoms with Gasteiger partial charge in [0.25, 0.3) is 0 Å². The predicted molar refractivity (Wildman–Crippen MR) is 71.2 cm³/mol. The van der Waals surface area contributed by atoms with Crippen molar-refractivity contribution in [2.75, 3.05) is 17.6 Å². The fourth-order valence-electron chi connectivity index (χ4n) is 1.42. The van der Waals surface area contributed by atoms with E-state index >= 15 is 0 Å². The van der Waals surface area contributed by atoms with Crippen LogP contribution in [0.15, 0.2) is 6.07 Å². The van der Waals surface area contributed by atoms with Gasteiger partial charge in [-0.05, 0) is 12.0 Å². The Hall–Kier alpha value is -0.670. The van der Waals surface area contributed by atoms with Crippen molar-refractivity contribution in [3.8, 4) is 0 Å². The maximum atomic E-state index is 6.01. The number of hydrogen-bond acceptors (Lipinski definition) is 3. The molecule has 16 heavy (non-hydrogen) atoms. The second-order valence-electron chi connectivity index (χ2n) is 3.75. The van der Waals surface area contributed by atoms with Crippen LogP contribution in [0.2, 0.25) is 10.0 Å². The van der Waals surface area contributed by atoms with E-state index in [9.17, 15) is 0 Å². The average Bonchev–Trinajstić information content (AvgIpc) is 2.26. The van der Waals surface area contributed by atoms with Crippen LogP contribution in [-0.4, -0.2) is 11.5 Å². The van der Waals surface area contributed by atoms with E-state index in [4.69, 9.17) is 28.9 Å². The van der Waals surface area contributed by atoms with Crippen LogP contribution < -0.4 is 11.1 Å². The van der Waals surface area contributed by atoms with Gasteiger partial charge in [-0.2, -0.15) is 0 Å². The molecule has 0 spiro atoms. The Morgan fingerprint density at radius 3 is 2.50 bits per heavy atom. The van der Waals surface area contributed by atoms with Crippen molar-refractivity contribution < 1.29 is 0 Å². The molecule has 0 amide bonds. The first-order valence-electron chi connectivity index (χ1n) is 5.43. The summed E-state index contributed by atoms with van der Waals surface area (Å²) in [7, 11) is 0. The minimum Gasteiger partial charge on any atom is -0.382 e. The maximum Gasteiger partial charge on any atom is 0.147 e. The number of nitrogens with zero attached hydrogens (tertiary/aromatic N) is 1. The molecule has 5 heteroatoms. The van der Waals surface area contributed by atoms with Gasteiger partial charge in [-0.3, -0.25) is 0 Å². The molecule has 0 aliphatic carbocycles. The standard InChI is InChI=1S/C11H17Cl2N3/c1-3-7(4-2)6-15-11-9(13)5-8(12)10(14)16-11/h5,7H,3-4,6H2,1-2H3,(H3,14,15,16). The van der Waals surface area contributed by atoms with Gasteiger partial charge in [0, 0.05) is 6.54 Å². The highest BCUT2D eigenvalue weighted by Crippen LogP contribution is 2.27. The van der Waals surface area contributed by atoms with Gasteiger partial charge >= 0.3 is 0 Å². The average molecular weight is 262 g/mol. The zero-order valence-corrected chi connectivity index (χ0v) is 11.1. The fraction of sp³-hybridized carbons (Fsp3) is 0.545. The Morgan fingerprint density at radius 1 is 1.31 bits per heavy atom. The number of nitrogens with two attached hydrogens (primary N) is 1. The van der Waals surface area contributed by atoms with Gasteiger partial charge in [0.15, 0.2) is 0 Å². The summed E-state index contributed by atoms with van der Waals surface area (Å²) < 4.78 is 0. The monoisotopic (exact) mass is 261 g/mol. The minimum atomic E-state index is 0.304. The smallest absolute Gasteiger partial charge is 0.147 e. The summed E-state index contributed by atoms with van der Waals surface area (Å²) in [4.78, 5) is 4.12. The summed E-state index contributed by atoms with van der Waals surface area (Å²) in [5.74, 6) is 1.53. The summed E-state index contributed by atoms with van der Waals surface area (Å²) in [6.07, 6.45) is 2.26. The molecule has 1 rings (SSSR count). The van der Waals surface area contributed by atoms with Crippen LogP contribution in [0.3, 0.4) is 0 Å². The van der Waals surface area contributed by atoms with Gasteiger partial charge in [0.05, 0.1) is 10.0 Å². The molecule has 0 aliphatic heterocycles. The second-order valence-corrected chi connectivity index (χ2v) is 4.56. The highest BCUT2D eigenvalue weighted by molar-refractivity contribution is 6.37. The first-order valence-corrected chi connectivity index (χ1v) is 6.19. The van der Waals surface area contributed by atoms with Crippen LogP contribution in [0.1, 0.15) is 26.7 Å². The molecule has 0 fully saturated rings. The molecule has 90 valence electrons. The van der Waals surface area contributed by atoms with Crippen LogP contribution >= 0.6 is 23.2 Å². The maximum absolute atomic E-state index is 6.01. The molecule has 1 aromatic rings. The fourth-order valence-corrected chi connectivity index (χ4v) is 1.85.